The van der Waals surface area contributed by atoms with Crippen LogP contribution in [0.1, 0.15) is 15.9 Å². The van der Waals surface area contributed by atoms with Crippen LogP contribution in [0.15, 0.2) is 48.5 Å². The minimum atomic E-state index is 0.0293. The lowest BCUT2D eigenvalue weighted by molar-refractivity contribution is 0.0748. The number of hydrogen-bond acceptors (Lipinski definition) is 3. The van der Waals surface area contributed by atoms with Crippen molar-refractivity contribution in [2.45, 2.75) is 6.92 Å². The van der Waals surface area contributed by atoms with Crippen molar-refractivity contribution in [2.75, 3.05) is 36.8 Å². The van der Waals surface area contributed by atoms with Crippen molar-refractivity contribution in [3.8, 4) is 0 Å². The molecule has 1 heterocycles. The van der Waals surface area contributed by atoms with Gasteiger partial charge in [0, 0.05) is 37.6 Å². The highest BCUT2D eigenvalue weighted by atomic mass is 16.2. The van der Waals surface area contributed by atoms with Crippen LogP contribution in [0.5, 0.6) is 0 Å². The van der Waals surface area contributed by atoms with Gasteiger partial charge < -0.3 is 15.5 Å². The number of amides is 1. The largest absolute Gasteiger partial charge is 0.398 e. The highest BCUT2D eigenvalue weighted by Crippen LogP contribution is 2.19. The summed E-state index contributed by atoms with van der Waals surface area (Å²) in [4.78, 5) is 16.7. The lowest BCUT2D eigenvalue weighted by Crippen LogP contribution is -2.48. The molecule has 0 unspecified atom stereocenters. The molecule has 2 aromatic rings. The fourth-order valence-corrected chi connectivity index (χ4v) is 2.79. The van der Waals surface area contributed by atoms with E-state index in [1.807, 2.05) is 17.0 Å². The first-order valence-corrected chi connectivity index (χ1v) is 7.60. The molecule has 0 bridgehead atoms. The van der Waals surface area contributed by atoms with E-state index in [9.17, 15) is 4.79 Å². The number of anilines is 2. The molecule has 22 heavy (non-hydrogen) atoms. The molecule has 114 valence electrons. The normalized spacial score (nSPS) is 15.0. The van der Waals surface area contributed by atoms with Crippen molar-refractivity contribution in [1.29, 1.82) is 0 Å². The van der Waals surface area contributed by atoms with Crippen molar-refractivity contribution in [3.63, 3.8) is 0 Å². The minimum absolute atomic E-state index is 0.0293. The number of carbonyl (C=O) groups excluding carboxylic acids is 1. The van der Waals surface area contributed by atoms with Gasteiger partial charge in [-0.3, -0.25) is 4.79 Å². The molecule has 1 amide bonds. The Morgan fingerprint density at radius 2 is 1.59 bits per heavy atom. The number of para-hydroxylation sites is 1. The molecule has 0 radical (unpaired) electrons. The molecule has 4 heteroatoms. The first kappa shape index (κ1) is 14.4. The maximum Gasteiger partial charge on any atom is 0.256 e. The molecule has 4 nitrogen and oxygen atoms in total. The molecule has 0 atom stereocenters. The van der Waals surface area contributed by atoms with Crippen LogP contribution in [0.2, 0.25) is 0 Å². The monoisotopic (exact) mass is 295 g/mol. The van der Waals surface area contributed by atoms with Gasteiger partial charge in [-0.05, 0) is 31.2 Å². The van der Waals surface area contributed by atoms with E-state index >= 15 is 0 Å². The van der Waals surface area contributed by atoms with Crippen molar-refractivity contribution >= 4 is 17.3 Å². The van der Waals surface area contributed by atoms with Crippen LogP contribution in [-0.2, 0) is 0 Å². The molecular formula is C18H21N3O. The van der Waals surface area contributed by atoms with Gasteiger partial charge in [0.25, 0.3) is 5.91 Å². The number of piperazine rings is 1. The number of benzene rings is 2. The molecule has 1 aliphatic heterocycles. The van der Waals surface area contributed by atoms with Gasteiger partial charge in [0.05, 0.1) is 5.56 Å². The lowest BCUT2D eigenvalue weighted by Gasteiger charge is -2.36. The number of hydrogen-bond donors (Lipinski definition) is 1. The van der Waals surface area contributed by atoms with E-state index < -0.39 is 0 Å². The Labute approximate surface area is 131 Å². The van der Waals surface area contributed by atoms with Gasteiger partial charge >= 0.3 is 0 Å². The second kappa shape index (κ2) is 6.10. The number of nitrogens with two attached hydrogens (primary N) is 1. The molecule has 0 spiro atoms. The molecule has 0 aromatic heterocycles. The summed E-state index contributed by atoms with van der Waals surface area (Å²) >= 11 is 0. The van der Waals surface area contributed by atoms with E-state index in [0.717, 1.165) is 26.2 Å². The molecule has 1 saturated heterocycles. The second-order valence-corrected chi connectivity index (χ2v) is 5.70. The van der Waals surface area contributed by atoms with Gasteiger partial charge in [-0.25, -0.2) is 0 Å². The third-order valence-corrected chi connectivity index (χ3v) is 4.16. The van der Waals surface area contributed by atoms with Gasteiger partial charge in [-0.1, -0.05) is 29.8 Å². The van der Waals surface area contributed by atoms with Crippen LogP contribution in [0.4, 0.5) is 11.4 Å². The maximum atomic E-state index is 12.5. The fourth-order valence-electron chi connectivity index (χ4n) is 2.79. The van der Waals surface area contributed by atoms with Gasteiger partial charge in [-0.2, -0.15) is 0 Å². The maximum absolute atomic E-state index is 12.5. The highest BCUT2D eigenvalue weighted by molar-refractivity contribution is 5.99. The molecular weight excluding hydrogens is 274 g/mol. The third kappa shape index (κ3) is 2.91. The van der Waals surface area contributed by atoms with Crippen molar-refractivity contribution in [2.24, 2.45) is 0 Å². The van der Waals surface area contributed by atoms with Crippen LogP contribution in [-0.4, -0.2) is 37.0 Å². The van der Waals surface area contributed by atoms with Crippen LogP contribution in [0.3, 0.4) is 0 Å². The number of nitrogen functional groups attached to an aromatic ring is 1. The molecule has 1 fully saturated rings. The van der Waals surface area contributed by atoms with Crippen molar-refractivity contribution in [3.05, 3.63) is 59.7 Å². The van der Waals surface area contributed by atoms with Gasteiger partial charge in [0.1, 0.15) is 0 Å². The average molecular weight is 295 g/mol. The zero-order valence-electron chi connectivity index (χ0n) is 12.8. The number of nitrogens with zero attached hydrogens (tertiary/aromatic N) is 2. The van der Waals surface area contributed by atoms with E-state index in [1.165, 1.54) is 11.3 Å². The van der Waals surface area contributed by atoms with Gasteiger partial charge in [0.15, 0.2) is 0 Å². The summed E-state index contributed by atoms with van der Waals surface area (Å²) in [6, 6.07) is 15.8. The number of rotatable bonds is 2. The summed E-state index contributed by atoms with van der Waals surface area (Å²) in [5, 5.41) is 0. The predicted molar refractivity (Wildman–Crippen MR) is 90.1 cm³/mol. The Hall–Kier alpha value is -2.49. The van der Waals surface area contributed by atoms with E-state index in [2.05, 4.69) is 36.1 Å². The minimum Gasteiger partial charge on any atom is -0.398 e. The van der Waals surface area contributed by atoms with Crippen LogP contribution in [0.25, 0.3) is 0 Å². The average Bonchev–Trinajstić information content (AvgIpc) is 2.56. The van der Waals surface area contributed by atoms with E-state index in [4.69, 9.17) is 5.73 Å². The molecule has 0 saturated carbocycles. The zero-order chi connectivity index (χ0) is 15.5. The summed E-state index contributed by atoms with van der Waals surface area (Å²) in [7, 11) is 0. The first-order valence-electron chi connectivity index (χ1n) is 7.60. The topological polar surface area (TPSA) is 49.6 Å². The standard InChI is InChI=1S/C18H21N3O/c1-14-6-8-15(9-7-14)20-10-12-21(13-11-20)18(22)16-4-2-3-5-17(16)19/h2-9H,10-13,19H2,1H3. The summed E-state index contributed by atoms with van der Waals surface area (Å²) < 4.78 is 0. The molecule has 0 aliphatic carbocycles. The van der Waals surface area contributed by atoms with E-state index in [0.29, 0.717) is 11.3 Å². The first-order chi connectivity index (χ1) is 10.6. The lowest BCUT2D eigenvalue weighted by atomic mass is 10.1. The highest BCUT2D eigenvalue weighted by Gasteiger charge is 2.23. The van der Waals surface area contributed by atoms with E-state index in [-0.39, 0.29) is 5.91 Å². The summed E-state index contributed by atoms with van der Waals surface area (Å²) in [5.74, 6) is 0.0293. The van der Waals surface area contributed by atoms with E-state index in [1.54, 1.807) is 12.1 Å². The SMILES string of the molecule is Cc1ccc(N2CCN(C(=O)c3ccccc3N)CC2)cc1. The summed E-state index contributed by atoms with van der Waals surface area (Å²) in [5.41, 5.74) is 9.54. The molecule has 2 aromatic carbocycles. The number of aryl methyl sites for hydroxylation is 1. The fraction of sp³-hybridized carbons (Fsp3) is 0.278. The zero-order valence-corrected chi connectivity index (χ0v) is 12.8. The second-order valence-electron chi connectivity index (χ2n) is 5.70. The Bertz CT molecular complexity index is 658. The Morgan fingerprint density at radius 1 is 0.955 bits per heavy atom. The quantitative estimate of drug-likeness (QED) is 0.866. The molecule has 1 aliphatic rings. The molecule has 3 rings (SSSR count). The predicted octanol–water partition coefficient (Wildman–Crippen LogP) is 2.54. The molecule has 2 N–H and O–H groups in total. The third-order valence-electron chi connectivity index (χ3n) is 4.16. The Morgan fingerprint density at radius 3 is 2.23 bits per heavy atom. The van der Waals surface area contributed by atoms with Crippen LogP contribution < -0.4 is 10.6 Å². The van der Waals surface area contributed by atoms with Crippen molar-refractivity contribution in [1.82, 2.24) is 4.90 Å². The Kier molecular flexibility index (Phi) is 4.00. The van der Waals surface area contributed by atoms with Gasteiger partial charge in [0.2, 0.25) is 0 Å². The Balaban J connectivity index is 1.65. The number of carbonyl (C=O) groups is 1. The van der Waals surface area contributed by atoms with Crippen molar-refractivity contribution < 1.29 is 4.79 Å². The summed E-state index contributed by atoms with van der Waals surface area (Å²) in [6.07, 6.45) is 0. The smallest absolute Gasteiger partial charge is 0.256 e. The summed E-state index contributed by atoms with van der Waals surface area (Å²) in [6.45, 7) is 5.23. The van der Waals surface area contributed by atoms with Crippen LogP contribution in [0, 0.1) is 6.92 Å². The van der Waals surface area contributed by atoms with Crippen LogP contribution >= 0.6 is 0 Å². The van der Waals surface area contributed by atoms with Gasteiger partial charge in [-0.15, -0.1) is 0 Å².